The van der Waals surface area contributed by atoms with E-state index >= 15 is 0 Å². The molecular formula is C11H19Cl3N2O2. The van der Waals surface area contributed by atoms with E-state index in [0.29, 0.717) is 13.0 Å². The molecule has 2 N–H and O–H groups in total. The van der Waals surface area contributed by atoms with Crippen LogP contribution < -0.4 is 10.6 Å². The number of hydrogen-bond acceptors (Lipinski definition) is 3. The second-order valence-electron chi connectivity index (χ2n) is 4.34. The Hall–Kier alpha value is 0.260. The monoisotopic (exact) mass is 316 g/mol. The van der Waals surface area contributed by atoms with E-state index in [4.69, 9.17) is 39.5 Å². The standard InChI is InChI=1S/C11H19Cl3N2O2/c1-2-4-9(17)16-10(11(12,13)14)15-7-8-5-3-6-18-8/h8,10,15H,2-7H2,1H3,(H,16,17)/t8-,10+/m0/s1. The van der Waals surface area contributed by atoms with Gasteiger partial charge >= 0.3 is 0 Å². The molecule has 0 unspecified atom stereocenters. The van der Waals surface area contributed by atoms with Gasteiger partial charge < -0.3 is 10.1 Å². The minimum Gasteiger partial charge on any atom is -0.377 e. The fraction of sp³-hybridized carbons (Fsp3) is 0.909. The molecule has 1 rings (SSSR count). The molecule has 0 radical (unpaired) electrons. The van der Waals surface area contributed by atoms with Crippen LogP contribution in [0.25, 0.3) is 0 Å². The van der Waals surface area contributed by atoms with Gasteiger partial charge in [-0.25, -0.2) is 0 Å². The Bertz CT molecular complexity index is 266. The van der Waals surface area contributed by atoms with E-state index in [1.807, 2.05) is 6.92 Å². The van der Waals surface area contributed by atoms with Gasteiger partial charge in [0.15, 0.2) is 0 Å². The minimum absolute atomic E-state index is 0.128. The Morgan fingerprint density at radius 1 is 1.50 bits per heavy atom. The molecule has 18 heavy (non-hydrogen) atoms. The highest BCUT2D eigenvalue weighted by molar-refractivity contribution is 6.68. The quantitative estimate of drug-likeness (QED) is 0.584. The van der Waals surface area contributed by atoms with Crippen LogP contribution in [-0.2, 0) is 9.53 Å². The number of carbonyl (C=O) groups is 1. The lowest BCUT2D eigenvalue weighted by Gasteiger charge is -2.27. The van der Waals surface area contributed by atoms with Crippen molar-refractivity contribution in [2.45, 2.75) is 48.7 Å². The first-order chi connectivity index (χ1) is 8.43. The first-order valence-electron chi connectivity index (χ1n) is 6.14. The van der Waals surface area contributed by atoms with Gasteiger partial charge in [-0.2, -0.15) is 0 Å². The number of carbonyl (C=O) groups excluding carboxylic acids is 1. The summed E-state index contributed by atoms with van der Waals surface area (Å²) in [4.78, 5) is 11.5. The fourth-order valence-electron chi connectivity index (χ4n) is 1.76. The van der Waals surface area contributed by atoms with Crippen LogP contribution in [-0.4, -0.2) is 35.1 Å². The summed E-state index contributed by atoms with van der Waals surface area (Å²) in [5, 5.41) is 5.72. The molecule has 4 nitrogen and oxygen atoms in total. The topological polar surface area (TPSA) is 50.4 Å². The number of hydrogen-bond donors (Lipinski definition) is 2. The first kappa shape index (κ1) is 16.3. The minimum atomic E-state index is -1.58. The van der Waals surface area contributed by atoms with Gasteiger partial charge in [0.05, 0.1) is 6.10 Å². The average molecular weight is 318 g/mol. The average Bonchev–Trinajstić information content (AvgIpc) is 2.75. The largest absolute Gasteiger partial charge is 0.377 e. The molecule has 1 aliphatic heterocycles. The lowest BCUT2D eigenvalue weighted by molar-refractivity contribution is -0.122. The van der Waals surface area contributed by atoms with E-state index in [2.05, 4.69) is 10.6 Å². The Morgan fingerprint density at radius 2 is 2.22 bits per heavy atom. The molecule has 106 valence electrons. The molecule has 0 aromatic rings. The van der Waals surface area contributed by atoms with Crippen LogP contribution in [0, 0.1) is 0 Å². The third kappa shape index (κ3) is 5.93. The number of ether oxygens (including phenoxy) is 1. The van der Waals surface area contributed by atoms with E-state index in [0.717, 1.165) is 25.9 Å². The van der Waals surface area contributed by atoms with Crippen LogP contribution in [0.15, 0.2) is 0 Å². The number of alkyl halides is 3. The predicted molar refractivity (Wildman–Crippen MR) is 74.1 cm³/mol. The van der Waals surface area contributed by atoms with Crippen molar-refractivity contribution < 1.29 is 9.53 Å². The van der Waals surface area contributed by atoms with Crippen LogP contribution in [0.5, 0.6) is 0 Å². The Morgan fingerprint density at radius 3 is 2.72 bits per heavy atom. The van der Waals surface area contributed by atoms with Crippen molar-refractivity contribution in [3.63, 3.8) is 0 Å². The fourth-order valence-corrected chi connectivity index (χ4v) is 2.16. The summed E-state index contributed by atoms with van der Waals surface area (Å²) in [6.45, 7) is 3.25. The van der Waals surface area contributed by atoms with E-state index in [9.17, 15) is 4.79 Å². The van der Waals surface area contributed by atoms with Gasteiger partial charge in [0.1, 0.15) is 6.17 Å². The zero-order chi connectivity index (χ0) is 13.6. The molecule has 7 heteroatoms. The summed E-state index contributed by atoms with van der Waals surface area (Å²) in [7, 11) is 0. The highest BCUT2D eigenvalue weighted by Gasteiger charge is 2.34. The Labute approximate surface area is 123 Å². The van der Waals surface area contributed by atoms with Gasteiger partial charge in [0.2, 0.25) is 9.70 Å². The van der Waals surface area contributed by atoms with Crippen molar-refractivity contribution in [1.29, 1.82) is 0 Å². The van der Waals surface area contributed by atoms with Crippen molar-refractivity contribution in [2.24, 2.45) is 0 Å². The van der Waals surface area contributed by atoms with E-state index in [1.165, 1.54) is 0 Å². The molecule has 2 atom stereocenters. The Balaban J connectivity index is 2.42. The van der Waals surface area contributed by atoms with E-state index < -0.39 is 9.96 Å². The maximum Gasteiger partial charge on any atom is 0.223 e. The van der Waals surface area contributed by atoms with Gasteiger partial charge in [-0.05, 0) is 19.3 Å². The van der Waals surface area contributed by atoms with Gasteiger partial charge in [-0.3, -0.25) is 10.1 Å². The van der Waals surface area contributed by atoms with Crippen molar-refractivity contribution in [2.75, 3.05) is 13.2 Å². The molecule has 0 aliphatic carbocycles. The Kier molecular flexibility index (Phi) is 7.03. The SMILES string of the molecule is CCCC(=O)N[C@@H](NC[C@@H]1CCCO1)C(Cl)(Cl)Cl. The maximum atomic E-state index is 11.5. The summed E-state index contributed by atoms with van der Waals surface area (Å²) >= 11 is 17.5. The van der Waals surface area contributed by atoms with E-state index in [-0.39, 0.29) is 12.0 Å². The zero-order valence-corrected chi connectivity index (χ0v) is 12.6. The highest BCUT2D eigenvalue weighted by Crippen LogP contribution is 2.29. The van der Waals surface area contributed by atoms with Crippen LogP contribution in [0.1, 0.15) is 32.6 Å². The van der Waals surface area contributed by atoms with Gasteiger partial charge in [0.25, 0.3) is 0 Å². The van der Waals surface area contributed by atoms with Crippen molar-refractivity contribution in [1.82, 2.24) is 10.6 Å². The van der Waals surface area contributed by atoms with Crippen LogP contribution >= 0.6 is 34.8 Å². The summed E-state index contributed by atoms with van der Waals surface area (Å²) in [5.74, 6) is -0.131. The lowest BCUT2D eigenvalue weighted by Crippen LogP contribution is -2.54. The smallest absolute Gasteiger partial charge is 0.223 e. The molecule has 0 spiro atoms. The zero-order valence-electron chi connectivity index (χ0n) is 10.3. The summed E-state index contributed by atoms with van der Waals surface area (Å²) in [6, 6.07) is 0. The van der Waals surface area contributed by atoms with Crippen LogP contribution in [0.3, 0.4) is 0 Å². The number of rotatable bonds is 6. The molecular weight excluding hydrogens is 298 g/mol. The summed E-state index contributed by atoms with van der Waals surface area (Å²) < 4.78 is 3.88. The van der Waals surface area contributed by atoms with Gasteiger partial charge in [-0.1, -0.05) is 41.7 Å². The molecule has 1 aliphatic rings. The third-order valence-corrected chi connectivity index (χ3v) is 3.34. The molecule has 1 fully saturated rings. The van der Waals surface area contributed by atoms with Crippen LogP contribution in [0.2, 0.25) is 0 Å². The van der Waals surface area contributed by atoms with Gasteiger partial charge in [-0.15, -0.1) is 0 Å². The number of halogens is 3. The summed E-state index contributed by atoms with van der Waals surface area (Å²) in [6.07, 6.45) is 2.63. The van der Waals surface area contributed by atoms with Crippen molar-refractivity contribution >= 4 is 40.7 Å². The molecule has 0 saturated carbocycles. The molecule has 1 amide bonds. The van der Waals surface area contributed by atoms with E-state index in [1.54, 1.807) is 0 Å². The first-order valence-corrected chi connectivity index (χ1v) is 7.28. The second-order valence-corrected chi connectivity index (χ2v) is 6.70. The maximum absolute atomic E-state index is 11.5. The predicted octanol–water partition coefficient (Wildman–Crippen LogP) is 2.37. The third-order valence-electron chi connectivity index (χ3n) is 2.68. The van der Waals surface area contributed by atoms with Crippen LogP contribution in [0.4, 0.5) is 0 Å². The molecule has 0 aromatic heterocycles. The highest BCUT2D eigenvalue weighted by atomic mass is 35.6. The normalized spacial score (nSPS) is 21.9. The second kappa shape index (κ2) is 7.75. The number of nitrogens with one attached hydrogen (secondary N) is 2. The summed E-state index contributed by atoms with van der Waals surface area (Å²) in [5.41, 5.74) is 0. The van der Waals surface area contributed by atoms with Gasteiger partial charge in [0, 0.05) is 19.6 Å². The lowest BCUT2D eigenvalue weighted by atomic mass is 10.2. The van der Waals surface area contributed by atoms with Crippen molar-refractivity contribution in [3.8, 4) is 0 Å². The number of amides is 1. The molecule has 0 aromatic carbocycles. The molecule has 1 saturated heterocycles. The molecule has 0 bridgehead atoms. The molecule has 1 heterocycles. The van der Waals surface area contributed by atoms with Crippen molar-refractivity contribution in [3.05, 3.63) is 0 Å².